The minimum atomic E-state index is 0.313. The maximum atomic E-state index is 9.23. The molecule has 280 valence electrons. The molecule has 0 radical (unpaired) electrons. The van der Waals surface area contributed by atoms with E-state index in [2.05, 4.69) is 32.6 Å². The predicted octanol–water partition coefficient (Wildman–Crippen LogP) is 13.3. The summed E-state index contributed by atoms with van der Waals surface area (Å²) in [5, 5.41) is 9.23. The number of aliphatic hydroxyl groups is 1. The summed E-state index contributed by atoms with van der Waals surface area (Å²) in [6.07, 6.45) is 43.5. The molecule has 0 unspecified atom stereocenters. The largest absolute Gasteiger partial charge is 0.395 e. The molecule has 0 atom stereocenters. The topological polar surface area (TPSA) is 49.8 Å². The molecule has 0 aromatic carbocycles. The van der Waals surface area contributed by atoms with Crippen LogP contribution in [-0.2, 0) is 9.53 Å². The molecule has 46 heavy (non-hydrogen) atoms. The second-order valence-corrected chi connectivity index (χ2v) is 13.8. The van der Waals surface area contributed by atoms with Gasteiger partial charge in [0.2, 0.25) is 0 Å². The van der Waals surface area contributed by atoms with E-state index in [4.69, 9.17) is 9.53 Å². The minimum Gasteiger partial charge on any atom is -0.395 e. The van der Waals surface area contributed by atoms with E-state index in [0.29, 0.717) is 12.7 Å². The maximum Gasteiger partial charge on any atom is 0.106 e. The second-order valence-electron chi connectivity index (χ2n) is 13.8. The zero-order valence-electron chi connectivity index (χ0n) is 32.7. The number of ether oxygens (including phenoxy) is 1. The average Bonchev–Trinajstić information content (AvgIpc) is 3.08. The quantitative estimate of drug-likeness (QED) is 0.0682. The van der Waals surface area contributed by atoms with Gasteiger partial charge in [0.15, 0.2) is 0 Å². The lowest BCUT2D eigenvalue weighted by molar-refractivity contribution is -0.0980. The lowest BCUT2D eigenvalue weighted by Gasteiger charge is -2.21. The zero-order chi connectivity index (χ0) is 34.6. The van der Waals surface area contributed by atoms with Gasteiger partial charge in [-0.3, -0.25) is 0 Å². The maximum absolute atomic E-state index is 9.23. The molecule has 0 amide bonds. The Labute approximate surface area is 292 Å². The highest BCUT2D eigenvalue weighted by Gasteiger charge is 2.07. The Morgan fingerprint density at radius 2 is 0.696 bits per heavy atom. The van der Waals surface area contributed by atoms with Crippen molar-refractivity contribution >= 4 is 6.79 Å². The molecule has 0 rings (SSSR count). The number of carbonyl (C=O) groups is 1. The van der Waals surface area contributed by atoms with Crippen molar-refractivity contribution in [3.63, 3.8) is 0 Å². The van der Waals surface area contributed by atoms with Gasteiger partial charge in [0.05, 0.1) is 12.7 Å². The van der Waals surface area contributed by atoms with Crippen LogP contribution in [-0.4, -0.2) is 56.3 Å². The molecule has 0 aliphatic rings. The fourth-order valence-corrected chi connectivity index (χ4v) is 6.28. The first-order valence-electron chi connectivity index (χ1n) is 20.8. The third-order valence-corrected chi connectivity index (χ3v) is 9.41. The molecule has 0 aliphatic carbocycles. The van der Waals surface area contributed by atoms with Crippen molar-refractivity contribution < 1.29 is 14.6 Å². The molecule has 4 heteroatoms. The molecule has 0 aliphatic heterocycles. The highest BCUT2D eigenvalue weighted by molar-refractivity contribution is 5.11. The highest BCUT2D eigenvalue weighted by Crippen LogP contribution is 2.16. The predicted molar refractivity (Wildman–Crippen MR) is 207 cm³/mol. The molecule has 0 aromatic heterocycles. The van der Waals surface area contributed by atoms with Gasteiger partial charge in [0.1, 0.15) is 6.79 Å². The Kier molecular flexibility index (Phi) is 53.1. The van der Waals surface area contributed by atoms with E-state index < -0.39 is 0 Å². The first-order valence-corrected chi connectivity index (χ1v) is 20.8. The van der Waals surface area contributed by atoms with Gasteiger partial charge in [-0.2, -0.15) is 0 Å². The Balaban J connectivity index is -0.000000788. The van der Waals surface area contributed by atoms with E-state index in [1.807, 2.05) is 13.9 Å². The fraction of sp³-hybridized carbons (Fsp3) is 0.976. The van der Waals surface area contributed by atoms with E-state index in [-0.39, 0.29) is 0 Å². The summed E-state index contributed by atoms with van der Waals surface area (Å²) in [7, 11) is 1.89. The SMILES string of the molecule is C=O.CCCCCCCCC(CCCCCCCC)OC.CCCCCCCCCCCCCCN(CCO)CCCCCCC. The number of hydrogen-bond donors (Lipinski definition) is 1. The Hall–Kier alpha value is -0.450. The van der Waals surface area contributed by atoms with E-state index in [9.17, 15) is 5.11 Å². The second kappa shape index (κ2) is 48.9. The fourth-order valence-electron chi connectivity index (χ4n) is 6.28. The van der Waals surface area contributed by atoms with Crippen molar-refractivity contribution in [1.29, 1.82) is 0 Å². The number of aliphatic hydroxyl groups excluding tert-OH is 1. The van der Waals surface area contributed by atoms with Crippen LogP contribution in [0.15, 0.2) is 0 Å². The first kappa shape index (κ1) is 49.9. The van der Waals surface area contributed by atoms with E-state index >= 15 is 0 Å². The molecule has 4 nitrogen and oxygen atoms in total. The van der Waals surface area contributed by atoms with Crippen LogP contribution in [0.25, 0.3) is 0 Å². The van der Waals surface area contributed by atoms with Crippen LogP contribution in [0, 0.1) is 0 Å². The van der Waals surface area contributed by atoms with E-state index in [1.165, 1.54) is 212 Å². The molecular weight excluding hydrogens is 566 g/mol. The molecule has 0 saturated carbocycles. The smallest absolute Gasteiger partial charge is 0.106 e. The summed E-state index contributed by atoms with van der Waals surface area (Å²) in [4.78, 5) is 10.5. The van der Waals surface area contributed by atoms with Gasteiger partial charge in [-0.25, -0.2) is 0 Å². The van der Waals surface area contributed by atoms with Crippen LogP contribution >= 0.6 is 0 Å². The highest BCUT2D eigenvalue weighted by atomic mass is 16.5. The lowest BCUT2D eigenvalue weighted by Crippen LogP contribution is -2.29. The third-order valence-electron chi connectivity index (χ3n) is 9.41. The molecule has 1 N–H and O–H groups in total. The third kappa shape index (κ3) is 45.7. The van der Waals surface area contributed by atoms with E-state index in [0.717, 1.165) is 6.54 Å². The van der Waals surface area contributed by atoms with Crippen molar-refractivity contribution in [1.82, 2.24) is 4.90 Å². The van der Waals surface area contributed by atoms with Crippen molar-refractivity contribution in [2.45, 2.75) is 233 Å². The van der Waals surface area contributed by atoms with Crippen LogP contribution in [0.2, 0.25) is 0 Å². The number of carbonyl (C=O) groups excluding carboxylic acids is 1. The Bertz CT molecular complexity index is 474. The van der Waals surface area contributed by atoms with Gasteiger partial charge in [-0.05, 0) is 38.8 Å². The summed E-state index contributed by atoms with van der Waals surface area (Å²) in [5.41, 5.74) is 0. The minimum absolute atomic E-state index is 0.313. The lowest BCUT2D eigenvalue weighted by atomic mass is 10.0. The average molecular weight is 656 g/mol. The summed E-state index contributed by atoms with van der Waals surface area (Å²) in [5.74, 6) is 0. The monoisotopic (exact) mass is 656 g/mol. The summed E-state index contributed by atoms with van der Waals surface area (Å²) in [6, 6.07) is 0. The Morgan fingerprint density at radius 1 is 0.435 bits per heavy atom. The number of unbranched alkanes of at least 4 members (excludes halogenated alkanes) is 25. The van der Waals surface area contributed by atoms with Gasteiger partial charge < -0.3 is 19.5 Å². The molecular formula is C42H89NO3. The zero-order valence-corrected chi connectivity index (χ0v) is 32.7. The standard InChI is InChI=1S/C23H49NO.C18H38O.CH2O/c1-3-5-7-9-10-11-12-13-14-15-17-19-21-24(22-23-25)20-18-16-8-6-4-2;1-4-6-8-10-12-14-16-18(19-3)17-15-13-11-9-7-5-2;1-2/h25H,3-23H2,1-2H3;18H,4-17H2,1-3H3;1H2. The van der Waals surface area contributed by atoms with Crippen LogP contribution in [0.5, 0.6) is 0 Å². The number of methoxy groups -OCH3 is 1. The van der Waals surface area contributed by atoms with Crippen LogP contribution in [0.3, 0.4) is 0 Å². The molecule has 0 aromatic rings. The van der Waals surface area contributed by atoms with Crippen molar-refractivity contribution in [2.24, 2.45) is 0 Å². The number of hydrogen-bond acceptors (Lipinski definition) is 4. The summed E-state index contributed by atoms with van der Waals surface area (Å²) >= 11 is 0. The first-order chi connectivity index (χ1) is 22.7. The summed E-state index contributed by atoms with van der Waals surface area (Å²) in [6.45, 7) is 14.7. The Morgan fingerprint density at radius 3 is 0.957 bits per heavy atom. The van der Waals surface area contributed by atoms with Crippen LogP contribution in [0.4, 0.5) is 0 Å². The van der Waals surface area contributed by atoms with E-state index in [1.54, 1.807) is 0 Å². The van der Waals surface area contributed by atoms with Crippen LogP contribution < -0.4 is 0 Å². The normalized spacial score (nSPS) is 11.0. The van der Waals surface area contributed by atoms with Gasteiger partial charge in [-0.15, -0.1) is 0 Å². The van der Waals surface area contributed by atoms with Crippen molar-refractivity contribution in [3.05, 3.63) is 0 Å². The van der Waals surface area contributed by atoms with Crippen molar-refractivity contribution in [2.75, 3.05) is 33.4 Å². The number of rotatable bonds is 36. The molecule has 0 spiro atoms. The van der Waals surface area contributed by atoms with Crippen LogP contribution in [0.1, 0.15) is 227 Å². The molecule has 0 fully saturated rings. The molecule has 0 bridgehead atoms. The van der Waals surface area contributed by atoms with Crippen molar-refractivity contribution in [3.8, 4) is 0 Å². The van der Waals surface area contributed by atoms with Gasteiger partial charge >= 0.3 is 0 Å². The molecule has 0 saturated heterocycles. The van der Waals surface area contributed by atoms with Gasteiger partial charge in [0.25, 0.3) is 0 Å². The molecule has 0 heterocycles. The van der Waals surface area contributed by atoms with Gasteiger partial charge in [0, 0.05) is 13.7 Å². The summed E-state index contributed by atoms with van der Waals surface area (Å²) < 4.78 is 5.61. The van der Waals surface area contributed by atoms with Gasteiger partial charge in [-0.1, -0.05) is 201 Å². The number of nitrogens with zero attached hydrogens (tertiary/aromatic N) is 1.